The summed E-state index contributed by atoms with van der Waals surface area (Å²) in [4.78, 5) is 14.2. The summed E-state index contributed by atoms with van der Waals surface area (Å²) in [5.41, 5.74) is 0.706. The van der Waals surface area contributed by atoms with E-state index in [-0.39, 0.29) is 5.91 Å². The van der Waals surface area contributed by atoms with Crippen molar-refractivity contribution in [1.29, 1.82) is 5.26 Å². The number of fused-ring (bicyclic) bond motifs is 1. The molecule has 3 heteroatoms. The molecule has 0 unspecified atom stereocenters. The third-order valence-electron chi connectivity index (χ3n) is 3.18. The molecule has 19 heavy (non-hydrogen) atoms. The van der Waals surface area contributed by atoms with E-state index in [4.69, 9.17) is 5.26 Å². The second-order valence-electron chi connectivity index (χ2n) is 4.32. The molecule has 0 N–H and O–H groups in total. The van der Waals surface area contributed by atoms with Crippen LogP contribution in [0, 0.1) is 11.3 Å². The number of benzene rings is 2. The Morgan fingerprint density at radius 2 is 1.95 bits per heavy atom. The van der Waals surface area contributed by atoms with Crippen LogP contribution >= 0.6 is 0 Å². The highest BCUT2D eigenvalue weighted by Gasteiger charge is 2.15. The maximum atomic E-state index is 12.5. The molecule has 0 aromatic heterocycles. The summed E-state index contributed by atoms with van der Waals surface area (Å²) in [7, 11) is 0. The fraction of sp³-hybridized carbons (Fsp3) is 0.250. The Morgan fingerprint density at radius 1 is 1.21 bits per heavy atom. The first-order valence-corrected chi connectivity index (χ1v) is 6.42. The summed E-state index contributed by atoms with van der Waals surface area (Å²) >= 11 is 0. The number of carbonyl (C=O) groups excluding carboxylic acids is 1. The third-order valence-corrected chi connectivity index (χ3v) is 3.18. The number of nitriles is 1. The van der Waals surface area contributed by atoms with E-state index >= 15 is 0 Å². The van der Waals surface area contributed by atoms with Gasteiger partial charge in [0.1, 0.15) is 0 Å². The predicted molar refractivity (Wildman–Crippen MR) is 75.8 cm³/mol. The Bertz CT molecular complexity index is 623. The Hall–Kier alpha value is -2.34. The number of hydrogen-bond donors (Lipinski definition) is 0. The molecule has 0 radical (unpaired) electrons. The Morgan fingerprint density at radius 3 is 2.68 bits per heavy atom. The summed E-state index contributed by atoms with van der Waals surface area (Å²) in [6, 6.07) is 15.7. The molecule has 0 aliphatic heterocycles. The lowest BCUT2D eigenvalue weighted by atomic mass is 10.0. The summed E-state index contributed by atoms with van der Waals surface area (Å²) in [5, 5.41) is 10.7. The van der Waals surface area contributed by atoms with Crippen LogP contribution in [-0.2, 0) is 0 Å². The van der Waals surface area contributed by atoms with Crippen molar-refractivity contribution in [2.24, 2.45) is 0 Å². The van der Waals surface area contributed by atoms with E-state index < -0.39 is 0 Å². The van der Waals surface area contributed by atoms with Gasteiger partial charge < -0.3 is 4.90 Å². The largest absolute Gasteiger partial charge is 0.338 e. The van der Waals surface area contributed by atoms with E-state index in [1.165, 1.54) is 0 Å². The molecule has 0 aliphatic rings. The topological polar surface area (TPSA) is 44.1 Å². The van der Waals surface area contributed by atoms with E-state index in [9.17, 15) is 4.79 Å². The lowest BCUT2D eigenvalue weighted by Gasteiger charge is -2.20. The molecule has 0 bridgehead atoms. The second-order valence-corrected chi connectivity index (χ2v) is 4.32. The maximum absolute atomic E-state index is 12.5. The summed E-state index contributed by atoms with van der Waals surface area (Å²) in [6.45, 7) is 3.03. The maximum Gasteiger partial charge on any atom is 0.254 e. The number of rotatable bonds is 4. The molecule has 1 amide bonds. The van der Waals surface area contributed by atoms with Crippen molar-refractivity contribution < 1.29 is 4.79 Å². The summed E-state index contributed by atoms with van der Waals surface area (Å²) in [5.74, 6) is -0.00505. The van der Waals surface area contributed by atoms with Gasteiger partial charge in [0.15, 0.2) is 0 Å². The summed E-state index contributed by atoms with van der Waals surface area (Å²) in [6.07, 6.45) is 0.365. The highest BCUT2D eigenvalue weighted by molar-refractivity contribution is 6.06. The molecular formula is C16H16N2O. The van der Waals surface area contributed by atoms with E-state index in [1.54, 1.807) is 4.90 Å². The van der Waals surface area contributed by atoms with Gasteiger partial charge in [-0.2, -0.15) is 5.26 Å². The van der Waals surface area contributed by atoms with E-state index in [2.05, 4.69) is 6.07 Å². The van der Waals surface area contributed by atoms with Crippen molar-refractivity contribution >= 4 is 16.7 Å². The Kier molecular flexibility index (Phi) is 4.15. The van der Waals surface area contributed by atoms with Crippen LogP contribution in [-0.4, -0.2) is 23.9 Å². The first-order valence-electron chi connectivity index (χ1n) is 6.42. The van der Waals surface area contributed by atoms with Crippen LogP contribution in [0.15, 0.2) is 42.5 Å². The van der Waals surface area contributed by atoms with Gasteiger partial charge >= 0.3 is 0 Å². The molecule has 2 aromatic rings. The average molecular weight is 252 g/mol. The van der Waals surface area contributed by atoms with Crippen LogP contribution in [0.25, 0.3) is 10.8 Å². The minimum atomic E-state index is -0.00505. The van der Waals surface area contributed by atoms with Gasteiger partial charge in [-0.3, -0.25) is 4.79 Å². The zero-order valence-electron chi connectivity index (χ0n) is 11.0. The van der Waals surface area contributed by atoms with Crippen LogP contribution in [0.3, 0.4) is 0 Å². The molecule has 0 atom stereocenters. The van der Waals surface area contributed by atoms with Gasteiger partial charge in [-0.1, -0.05) is 36.4 Å². The molecule has 0 fully saturated rings. The van der Waals surface area contributed by atoms with Crippen molar-refractivity contribution in [3.05, 3.63) is 48.0 Å². The van der Waals surface area contributed by atoms with Gasteiger partial charge in [-0.25, -0.2) is 0 Å². The smallest absolute Gasteiger partial charge is 0.254 e. The molecule has 0 spiro atoms. The fourth-order valence-electron chi connectivity index (χ4n) is 2.17. The number of hydrogen-bond acceptors (Lipinski definition) is 2. The van der Waals surface area contributed by atoms with Crippen LogP contribution in [0.4, 0.5) is 0 Å². The van der Waals surface area contributed by atoms with E-state index in [0.717, 1.165) is 10.8 Å². The lowest BCUT2D eigenvalue weighted by molar-refractivity contribution is 0.0770. The zero-order valence-corrected chi connectivity index (χ0v) is 11.0. The molecule has 2 rings (SSSR count). The van der Waals surface area contributed by atoms with Crippen LogP contribution in [0.5, 0.6) is 0 Å². The quantitative estimate of drug-likeness (QED) is 0.838. The normalized spacial score (nSPS) is 10.1. The second kappa shape index (κ2) is 6.01. The zero-order chi connectivity index (χ0) is 13.7. The van der Waals surface area contributed by atoms with Gasteiger partial charge in [0.25, 0.3) is 5.91 Å². The highest BCUT2D eigenvalue weighted by atomic mass is 16.2. The molecular weight excluding hydrogens is 236 g/mol. The average Bonchev–Trinajstić information content (AvgIpc) is 2.47. The first kappa shape index (κ1) is 13.1. The van der Waals surface area contributed by atoms with Crippen molar-refractivity contribution in [3.8, 4) is 6.07 Å². The molecule has 2 aromatic carbocycles. The van der Waals surface area contributed by atoms with Crippen LogP contribution in [0.2, 0.25) is 0 Å². The van der Waals surface area contributed by atoms with Gasteiger partial charge in [0.2, 0.25) is 0 Å². The predicted octanol–water partition coefficient (Wildman–Crippen LogP) is 3.22. The lowest BCUT2D eigenvalue weighted by Crippen LogP contribution is -2.31. The third kappa shape index (κ3) is 2.74. The number of carbonyl (C=O) groups is 1. The first-order chi connectivity index (χ1) is 9.27. The molecule has 3 nitrogen and oxygen atoms in total. The Labute approximate surface area is 113 Å². The van der Waals surface area contributed by atoms with Crippen molar-refractivity contribution in [2.75, 3.05) is 13.1 Å². The molecule has 0 aliphatic carbocycles. The molecule has 0 saturated carbocycles. The van der Waals surface area contributed by atoms with Gasteiger partial charge in [-0.15, -0.1) is 0 Å². The Balaban J connectivity index is 2.38. The fourth-order valence-corrected chi connectivity index (χ4v) is 2.17. The molecule has 96 valence electrons. The van der Waals surface area contributed by atoms with E-state index in [0.29, 0.717) is 25.1 Å². The molecule has 0 saturated heterocycles. The van der Waals surface area contributed by atoms with Gasteiger partial charge in [0, 0.05) is 18.7 Å². The molecule has 0 heterocycles. The van der Waals surface area contributed by atoms with Crippen LogP contribution < -0.4 is 0 Å². The van der Waals surface area contributed by atoms with Gasteiger partial charge in [0.05, 0.1) is 12.5 Å². The van der Waals surface area contributed by atoms with Crippen molar-refractivity contribution in [3.63, 3.8) is 0 Å². The SMILES string of the molecule is CCN(CCC#N)C(=O)c1cccc2ccccc12. The van der Waals surface area contributed by atoms with E-state index in [1.807, 2.05) is 49.4 Å². The van der Waals surface area contributed by atoms with Gasteiger partial charge in [-0.05, 0) is 23.8 Å². The highest BCUT2D eigenvalue weighted by Crippen LogP contribution is 2.20. The summed E-state index contributed by atoms with van der Waals surface area (Å²) < 4.78 is 0. The van der Waals surface area contributed by atoms with Crippen molar-refractivity contribution in [1.82, 2.24) is 4.90 Å². The monoisotopic (exact) mass is 252 g/mol. The number of nitrogens with zero attached hydrogens (tertiary/aromatic N) is 2. The minimum absolute atomic E-state index is 0.00505. The van der Waals surface area contributed by atoms with Crippen LogP contribution in [0.1, 0.15) is 23.7 Å². The number of amides is 1. The van der Waals surface area contributed by atoms with Crippen molar-refractivity contribution in [2.45, 2.75) is 13.3 Å². The standard InChI is InChI=1S/C16H16N2O/c1-2-18(12-6-11-17)16(19)15-10-5-8-13-7-3-4-9-14(13)15/h3-5,7-10H,2,6,12H2,1H3. The minimum Gasteiger partial charge on any atom is -0.338 e.